The average molecular weight is 261 g/mol. The van der Waals surface area contributed by atoms with E-state index in [2.05, 4.69) is 0 Å². The molecule has 86 valence electrons. The van der Waals surface area contributed by atoms with Gasteiger partial charge in [-0.2, -0.15) is 0 Å². The van der Waals surface area contributed by atoms with Crippen molar-refractivity contribution in [2.75, 3.05) is 0 Å². The Bertz CT molecular complexity index is 456. The van der Waals surface area contributed by atoms with Crippen LogP contribution in [0.1, 0.15) is 11.1 Å². The molecule has 6 heteroatoms. The van der Waals surface area contributed by atoms with Crippen LogP contribution >= 0.6 is 11.6 Å². The normalized spacial score (nSPS) is 12.9. The number of carbonyl (C=O) groups is 1. The average Bonchev–Trinajstić information content (AvgIpc) is 2.12. The number of aliphatic carboxylic acids is 1. The van der Waals surface area contributed by atoms with Gasteiger partial charge in [0.2, 0.25) is 0 Å². The van der Waals surface area contributed by atoms with Gasteiger partial charge in [0, 0.05) is 11.1 Å². The summed E-state index contributed by atoms with van der Waals surface area (Å²) in [5.41, 5.74) is 1.16. The van der Waals surface area contributed by atoms with Crippen molar-refractivity contribution >= 4 is 34.7 Å². The highest BCUT2D eigenvalue weighted by Gasteiger charge is 2.01. The molecule has 1 aromatic rings. The van der Waals surface area contributed by atoms with Gasteiger partial charge >= 0.3 is 5.97 Å². The summed E-state index contributed by atoms with van der Waals surface area (Å²) in [7, 11) is 0. The van der Waals surface area contributed by atoms with Gasteiger partial charge in [0.1, 0.15) is 0 Å². The first kappa shape index (κ1) is 12.9. The molecular formula is C10H9ClO4S. The van der Waals surface area contributed by atoms with Crippen LogP contribution in [0.2, 0.25) is 5.02 Å². The monoisotopic (exact) mass is 260 g/mol. The topological polar surface area (TPSA) is 74.6 Å². The van der Waals surface area contributed by atoms with Gasteiger partial charge in [-0.05, 0) is 29.3 Å². The van der Waals surface area contributed by atoms with Gasteiger partial charge in [-0.3, -0.25) is 0 Å². The zero-order valence-corrected chi connectivity index (χ0v) is 9.66. The standard InChI is InChI=1S/C10H9ClO4S/c11-9-4-7(1-2-10(12)13)3-8(5-9)6-16(14)15/h1-5H,6H2,(H,12,13)(H,14,15)/b2-1+. The number of benzene rings is 1. The molecule has 0 aliphatic heterocycles. The molecule has 0 radical (unpaired) electrons. The second-order valence-corrected chi connectivity index (χ2v) is 4.40. The fourth-order valence-corrected chi connectivity index (χ4v) is 1.88. The third kappa shape index (κ3) is 4.57. The summed E-state index contributed by atoms with van der Waals surface area (Å²) in [4.78, 5) is 10.3. The van der Waals surface area contributed by atoms with E-state index in [1.807, 2.05) is 0 Å². The fourth-order valence-electron chi connectivity index (χ4n) is 1.17. The van der Waals surface area contributed by atoms with Crippen LogP contribution in [0.15, 0.2) is 24.3 Å². The van der Waals surface area contributed by atoms with Crippen LogP contribution in [0.3, 0.4) is 0 Å². The predicted molar refractivity (Wildman–Crippen MR) is 62.6 cm³/mol. The third-order valence-corrected chi connectivity index (χ3v) is 2.49. The molecule has 1 rings (SSSR count). The Morgan fingerprint density at radius 2 is 2.12 bits per heavy atom. The number of rotatable bonds is 4. The zero-order chi connectivity index (χ0) is 12.1. The lowest BCUT2D eigenvalue weighted by Gasteiger charge is -2.01. The molecule has 0 amide bonds. The molecule has 0 spiro atoms. The van der Waals surface area contributed by atoms with E-state index in [1.165, 1.54) is 6.08 Å². The van der Waals surface area contributed by atoms with Crippen LogP contribution in [0.25, 0.3) is 6.08 Å². The molecule has 4 nitrogen and oxygen atoms in total. The first-order valence-corrected chi connectivity index (χ1v) is 5.90. The van der Waals surface area contributed by atoms with Crippen LogP contribution in [0.4, 0.5) is 0 Å². The summed E-state index contributed by atoms with van der Waals surface area (Å²) in [6.07, 6.45) is 2.35. The second kappa shape index (κ2) is 5.79. The molecular weight excluding hydrogens is 252 g/mol. The minimum absolute atomic E-state index is 0.0333. The molecule has 0 bridgehead atoms. The first-order chi connectivity index (χ1) is 7.47. The van der Waals surface area contributed by atoms with Gasteiger partial charge in [-0.1, -0.05) is 17.7 Å². The Kier molecular flexibility index (Phi) is 4.67. The molecule has 0 aliphatic carbocycles. The van der Waals surface area contributed by atoms with Crippen molar-refractivity contribution in [2.24, 2.45) is 0 Å². The highest BCUT2D eigenvalue weighted by Crippen LogP contribution is 2.17. The lowest BCUT2D eigenvalue weighted by atomic mass is 10.1. The third-order valence-electron chi connectivity index (χ3n) is 1.69. The summed E-state index contributed by atoms with van der Waals surface area (Å²) >= 11 is 3.84. The van der Waals surface area contributed by atoms with Gasteiger partial charge in [0.25, 0.3) is 0 Å². The van der Waals surface area contributed by atoms with Crippen molar-refractivity contribution in [1.29, 1.82) is 0 Å². The quantitative estimate of drug-likeness (QED) is 0.643. The predicted octanol–water partition coefficient (Wildman–Crippen LogP) is 2.16. The van der Waals surface area contributed by atoms with Gasteiger partial charge in [0.15, 0.2) is 11.1 Å². The number of hydrogen-bond donors (Lipinski definition) is 2. The fraction of sp³-hybridized carbons (Fsp3) is 0.100. The van der Waals surface area contributed by atoms with E-state index in [0.29, 0.717) is 16.1 Å². The van der Waals surface area contributed by atoms with Gasteiger partial charge < -0.3 is 9.66 Å². The molecule has 1 atom stereocenters. The Morgan fingerprint density at radius 3 is 2.69 bits per heavy atom. The minimum Gasteiger partial charge on any atom is -0.478 e. The number of halogens is 1. The smallest absolute Gasteiger partial charge is 0.328 e. The van der Waals surface area contributed by atoms with Gasteiger partial charge in [-0.15, -0.1) is 0 Å². The molecule has 16 heavy (non-hydrogen) atoms. The SMILES string of the molecule is O=C(O)/C=C/c1cc(Cl)cc(CS(=O)O)c1. The van der Waals surface area contributed by atoms with E-state index in [1.54, 1.807) is 18.2 Å². The summed E-state index contributed by atoms with van der Waals surface area (Å²) < 4.78 is 19.3. The Balaban J connectivity index is 2.98. The Morgan fingerprint density at radius 1 is 1.44 bits per heavy atom. The largest absolute Gasteiger partial charge is 0.478 e. The van der Waals surface area contributed by atoms with E-state index in [9.17, 15) is 9.00 Å². The van der Waals surface area contributed by atoms with Crippen molar-refractivity contribution in [2.45, 2.75) is 5.75 Å². The maximum atomic E-state index is 10.6. The van der Waals surface area contributed by atoms with Crippen molar-refractivity contribution in [3.63, 3.8) is 0 Å². The molecule has 1 unspecified atom stereocenters. The summed E-state index contributed by atoms with van der Waals surface area (Å²) in [5.74, 6) is -1.10. The van der Waals surface area contributed by atoms with Crippen LogP contribution in [0, 0.1) is 0 Å². The summed E-state index contributed by atoms with van der Waals surface area (Å²) in [6.45, 7) is 0. The lowest BCUT2D eigenvalue weighted by Crippen LogP contribution is -1.93. The highest BCUT2D eigenvalue weighted by molar-refractivity contribution is 7.78. The van der Waals surface area contributed by atoms with Crippen molar-refractivity contribution in [3.8, 4) is 0 Å². The maximum Gasteiger partial charge on any atom is 0.328 e. The molecule has 0 aliphatic rings. The molecule has 1 aromatic carbocycles. The van der Waals surface area contributed by atoms with Crippen LogP contribution in [-0.2, 0) is 21.6 Å². The van der Waals surface area contributed by atoms with Gasteiger partial charge in [0.05, 0.1) is 5.75 Å². The van der Waals surface area contributed by atoms with E-state index in [-0.39, 0.29) is 5.75 Å². The van der Waals surface area contributed by atoms with Crippen LogP contribution < -0.4 is 0 Å². The molecule has 2 N–H and O–H groups in total. The summed E-state index contributed by atoms with van der Waals surface area (Å²) in [6, 6.07) is 4.75. The van der Waals surface area contributed by atoms with E-state index < -0.39 is 17.0 Å². The van der Waals surface area contributed by atoms with Crippen molar-refractivity contribution in [3.05, 3.63) is 40.4 Å². The Labute approximate surface area is 99.8 Å². The zero-order valence-electron chi connectivity index (χ0n) is 8.09. The minimum atomic E-state index is -1.94. The summed E-state index contributed by atoms with van der Waals surface area (Å²) in [5, 5.41) is 8.85. The maximum absolute atomic E-state index is 10.6. The number of carboxylic acids is 1. The molecule has 0 aromatic heterocycles. The molecule has 0 saturated carbocycles. The van der Waals surface area contributed by atoms with Crippen LogP contribution in [-0.4, -0.2) is 19.8 Å². The van der Waals surface area contributed by atoms with E-state index >= 15 is 0 Å². The second-order valence-electron chi connectivity index (χ2n) is 3.03. The highest BCUT2D eigenvalue weighted by atomic mass is 35.5. The lowest BCUT2D eigenvalue weighted by molar-refractivity contribution is -0.131. The number of carboxylic acid groups (broad SMARTS) is 1. The van der Waals surface area contributed by atoms with E-state index in [4.69, 9.17) is 21.3 Å². The first-order valence-electron chi connectivity index (χ1n) is 4.25. The van der Waals surface area contributed by atoms with E-state index in [0.717, 1.165) is 6.08 Å². The Hall–Kier alpha value is -1.17. The molecule has 0 fully saturated rings. The van der Waals surface area contributed by atoms with Gasteiger partial charge in [-0.25, -0.2) is 9.00 Å². The van der Waals surface area contributed by atoms with Crippen molar-refractivity contribution < 1.29 is 18.7 Å². The molecule has 0 saturated heterocycles. The number of hydrogen-bond acceptors (Lipinski definition) is 2. The molecule has 0 heterocycles. The van der Waals surface area contributed by atoms with Crippen LogP contribution in [0.5, 0.6) is 0 Å². The van der Waals surface area contributed by atoms with Crippen molar-refractivity contribution in [1.82, 2.24) is 0 Å².